The van der Waals surface area contributed by atoms with Gasteiger partial charge in [0.25, 0.3) is 0 Å². The monoisotopic (exact) mass is 445 g/mol. The second-order valence-corrected chi connectivity index (χ2v) is 9.01. The molecule has 6 nitrogen and oxygen atoms in total. The Kier molecular flexibility index (Phi) is 6.46. The van der Waals surface area contributed by atoms with Crippen LogP contribution in [0.25, 0.3) is 5.69 Å². The second kappa shape index (κ2) is 9.44. The van der Waals surface area contributed by atoms with Crippen molar-refractivity contribution in [1.29, 1.82) is 0 Å². The normalized spacial score (nSPS) is 11.0. The van der Waals surface area contributed by atoms with E-state index in [1.165, 1.54) is 17.3 Å². The van der Waals surface area contributed by atoms with Crippen molar-refractivity contribution in [1.82, 2.24) is 19.3 Å². The topological polar surface area (TPSA) is 64.7 Å². The molecule has 0 unspecified atom stereocenters. The summed E-state index contributed by atoms with van der Waals surface area (Å²) < 4.78 is 4.12. The summed E-state index contributed by atoms with van der Waals surface area (Å²) in [5.41, 5.74) is 6.39. The minimum atomic E-state index is -0.0672. The second-order valence-electron chi connectivity index (χ2n) is 8.07. The number of rotatable bonds is 7. The SMILES string of the molecule is Cc1ccc(-n2c(Cc3cccn3C)nnc2SCC(=O)Nc2cc(C)cc(C)c2)cc1. The van der Waals surface area contributed by atoms with E-state index in [4.69, 9.17) is 0 Å². The van der Waals surface area contributed by atoms with Gasteiger partial charge in [-0.2, -0.15) is 0 Å². The van der Waals surface area contributed by atoms with E-state index < -0.39 is 0 Å². The molecule has 2 aromatic carbocycles. The molecule has 2 heterocycles. The van der Waals surface area contributed by atoms with E-state index in [0.717, 1.165) is 34.0 Å². The molecule has 0 fully saturated rings. The number of carbonyl (C=O) groups is 1. The molecule has 164 valence electrons. The molecule has 0 saturated heterocycles. The Bertz CT molecular complexity index is 1220. The van der Waals surface area contributed by atoms with Gasteiger partial charge in [-0.3, -0.25) is 9.36 Å². The zero-order valence-electron chi connectivity index (χ0n) is 18.8. The fourth-order valence-corrected chi connectivity index (χ4v) is 4.45. The van der Waals surface area contributed by atoms with Gasteiger partial charge in [-0.15, -0.1) is 10.2 Å². The van der Waals surface area contributed by atoms with Crippen LogP contribution < -0.4 is 5.32 Å². The Labute approximate surface area is 192 Å². The first-order valence-electron chi connectivity index (χ1n) is 10.5. The molecule has 1 N–H and O–H groups in total. The van der Waals surface area contributed by atoms with Crippen LogP contribution in [0.5, 0.6) is 0 Å². The maximum Gasteiger partial charge on any atom is 0.234 e. The molecule has 1 amide bonds. The van der Waals surface area contributed by atoms with Crippen molar-refractivity contribution in [3.63, 3.8) is 0 Å². The van der Waals surface area contributed by atoms with Gasteiger partial charge in [-0.25, -0.2) is 0 Å². The van der Waals surface area contributed by atoms with Crippen molar-refractivity contribution in [3.05, 3.63) is 89.0 Å². The molecule has 0 aliphatic heterocycles. The lowest BCUT2D eigenvalue weighted by Crippen LogP contribution is -2.15. The summed E-state index contributed by atoms with van der Waals surface area (Å²) in [6.07, 6.45) is 2.68. The molecule has 0 spiro atoms. The van der Waals surface area contributed by atoms with Gasteiger partial charge >= 0.3 is 0 Å². The van der Waals surface area contributed by atoms with E-state index in [1.807, 2.05) is 49.9 Å². The molecule has 4 rings (SSSR count). The predicted octanol–water partition coefficient (Wildman–Crippen LogP) is 4.85. The molecule has 2 aromatic heterocycles. The van der Waals surface area contributed by atoms with Crippen LogP contribution in [0.2, 0.25) is 0 Å². The van der Waals surface area contributed by atoms with E-state index >= 15 is 0 Å². The number of hydrogen-bond donors (Lipinski definition) is 1. The smallest absolute Gasteiger partial charge is 0.234 e. The Morgan fingerprint density at radius 2 is 1.69 bits per heavy atom. The number of nitrogens with one attached hydrogen (secondary N) is 1. The summed E-state index contributed by atoms with van der Waals surface area (Å²) in [5, 5.41) is 12.6. The molecule has 4 aromatic rings. The number of amides is 1. The number of aromatic nitrogens is 4. The molecule has 0 atom stereocenters. The van der Waals surface area contributed by atoms with E-state index in [0.29, 0.717) is 11.6 Å². The Hall–Kier alpha value is -3.32. The third kappa shape index (κ3) is 5.11. The number of anilines is 1. The molecule has 0 radical (unpaired) electrons. The first kappa shape index (κ1) is 21.9. The average Bonchev–Trinajstić information content (AvgIpc) is 3.32. The summed E-state index contributed by atoms with van der Waals surface area (Å²) in [5.74, 6) is 1.02. The van der Waals surface area contributed by atoms with Gasteiger partial charge in [0.2, 0.25) is 5.91 Å². The highest BCUT2D eigenvalue weighted by Crippen LogP contribution is 2.24. The highest BCUT2D eigenvalue weighted by molar-refractivity contribution is 7.99. The van der Waals surface area contributed by atoms with Gasteiger partial charge in [-0.05, 0) is 68.3 Å². The van der Waals surface area contributed by atoms with Crippen LogP contribution in [0.15, 0.2) is 66.0 Å². The number of hydrogen-bond acceptors (Lipinski definition) is 4. The molecule has 0 saturated carbocycles. The van der Waals surface area contributed by atoms with Crippen LogP contribution in [0.1, 0.15) is 28.2 Å². The number of aryl methyl sites for hydroxylation is 4. The third-order valence-corrected chi connectivity index (χ3v) is 6.15. The number of thioether (sulfide) groups is 1. The zero-order valence-corrected chi connectivity index (χ0v) is 19.6. The Balaban J connectivity index is 1.55. The van der Waals surface area contributed by atoms with Crippen LogP contribution in [-0.4, -0.2) is 31.0 Å². The van der Waals surface area contributed by atoms with Crippen LogP contribution in [0.3, 0.4) is 0 Å². The number of nitrogens with zero attached hydrogens (tertiary/aromatic N) is 4. The third-order valence-electron chi connectivity index (χ3n) is 5.22. The van der Waals surface area contributed by atoms with E-state index in [2.05, 4.69) is 63.4 Å². The summed E-state index contributed by atoms with van der Waals surface area (Å²) in [4.78, 5) is 12.6. The van der Waals surface area contributed by atoms with E-state index in [-0.39, 0.29) is 11.7 Å². The molecular formula is C25H27N5OS. The maximum absolute atomic E-state index is 12.6. The van der Waals surface area contributed by atoms with Gasteiger partial charge in [0.15, 0.2) is 5.16 Å². The first-order chi connectivity index (χ1) is 15.4. The molecule has 32 heavy (non-hydrogen) atoms. The highest BCUT2D eigenvalue weighted by atomic mass is 32.2. The predicted molar refractivity (Wildman–Crippen MR) is 130 cm³/mol. The molecule has 7 heteroatoms. The van der Waals surface area contributed by atoms with Gasteiger partial charge in [0.1, 0.15) is 5.82 Å². The van der Waals surface area contributed by atoms with Crippen molar-refractivity contribution < 1.29 is 4.79 Å². The maximum atomic E-state index is 12.6. The van der Waals surface area contributed by atoms with Gasteiger partial charge in [0.05, 0.1) is 5.75 Å². The largest absolute Gasteiger partial charge is 0.354 e. The summed E-state index contributed by atoms with van der Waals surface area (Å²) in [7, 11) is 2.02. The number of carbonyl (C=O) groups excluding carboxylic acids is 1. The highest BCUT2D eigenvalue weighted by Gasteiger charge is 2.17. The van der Waals surface area contributed by atoms with Gasteiger partial charge < -0.3 is 9.88 Å². The van der Waals surface area contributed by atoms with Crippen LogP contribution in [0.4, 0.5) is 5.69 Å². The molecule has 0 aliphatic carbocycles. The van der Waals surface area contributed by atoms with Gasteiger partial charge in [0, 0.05) is 36.7 Å². The lowest BCUT2D eigenvalue weighted by molar-refractivity contribution is -0.113. The Morgan fingerprint density at radius 1 is 0.969 bits per heavy atom. The van der Waals surface area contributed by atoms with Gasteiger partial charge in [-0.1, -0.05) is 35.5 Å². The van der Waals surface area contributed by atoms with Crippen molar-refractivity contribution in [2.24, 2.45) is 7.05 Å². The van der Waals surface area contributed by atoms with E-state index in [9.17, 15) is 4.79 Å². The minimum Gasteiger partial charge on any atom is -0.354 e. The van der Waals surface area contributed by atoms with Crippen molar-refractivity contribution in [2.45, 2.75) is 32.3 Å². The summed E-state index contributed by atoms with van der Waals surface area (Å²) in [6, 6.07) is 18.4. The minimum absolute atomic E-state index is 0.0672. The van der Waals surface area contributed by atoms with Crippen molar-refractivity contribution in [3.8, 4) is 5.69 Å². The fraction of sp³-hybridized carbons (Fsp3) is 0.240. The molecular weight excluding hydrogens is 418 g/mol. The van der Waals surface area contributed by atoms with Crippen molar-refractivity contribution in [2.75, 3.05) is 11.1 Å². The van der Waals surface area contributed by atoms with Crippen LogP contribution in [0, 0.1) is 20.8 Å². The summed E-state index contributed by atoms with van der Waals surface area (Å²) >= 11 is 1.39. The Morgan fingerprint density at radius 3 is 2.34 bits per heavy atom. The lowest BCUT2D eigenvalue weighted by Gasteiger charge is -2.11. The zero-order chi connectivity index (χ0) is 22.7. The van der Waals surface area contributed by atoms with Crippen molar-refractivity contribution >= 4 is 23.4 Å². The molecule has 0 bridgehead atoms. The summed E-state index contributed by atoms with van der Waals surface area (Å²) in [6.45, 7) is 6.11. The van der Waals surface area contributed by atoms with Crippen LogP contribution >= 0.6 is 11.8 Å². The lowest BCUT2D eigenvalue weighted by atomic mass is 10.1. The standard InChI is InChI=1S/C25H27N5OS/c1-17-7-9-21(10-8-17)30-23(15-22-6-5-11-29(22)4)27-28-25(30)32-16-24(31)26-20-13-18(2)12-19(3)14-20/h5-14H,15-16H2,1-4H3,(H,26,31). The quantitative estimate of drug-likeness (QED) is 0.413. The fourth-order valence-electron chi connectivity index (χ4n) is 3.68. The average molecular weight is 446 g/mol. The van der Waals surface area contributed by atoms with Crippen LogP contribution in [-0.2, 0) is 18.3 Å². The molecule has 0 aliphatic rings. The number of benzene rings is 2. The first-order valence-corrected chi connectivity index (χ1v) is 11.5. The van der Waals surface area contributed by atoms with E-state index in [1.54, 1.807) is 0 Å².